The molecule has 3 unspecified atom stereocenters. The zero-order chi connectivity index (χ0) is 15.9. The first kappa shape index (κ1) is 15.9. The highest BCUT2D eigenvalue weighted by Crippen LogP contribution is 2.35. The average Bonchev–Trinajstić information content (AvgIpc) is 2.63. The third-order valence-electron chi connectivity index (χ3n) is 4.24. The van der Waals surface area contributed by atoms with Crippen LogP contribution in [-0.2, 0) is 4.79 Å². The summed E-state index contributed by atoms with van der Waals surface area (Å²) in [5, 5.41) is 3.10. The van der Waals surface area contributed by atoms with Crippen LogP contribution in [0.2, 0.25) is 0 Å². The molecule has 1 saturated heterocycles. The van der Waals surface area contributed by atoms with Crippen LogP contribution >= 0.6 is 0 Å². The number of carbonyl (C=O) groups excluding carboxylic acids is 1. The smallest absolute Gasteiger partial charge is 0.241 e. The van der Waals surface area contributed by atoms with Crippen molar-refractivity contribution in [3.63, 3.8) is 0 Å². The van der Waals surface area contributed by atoms with Crippen molar-refractivity contribution in [1.29, 1.82) is 0 Å². The van der Waals surface area contributed by atoms with Crippen LogP contribution < -0.4 is 5.32 Å². The average molecular weight is 296 g/mol. The lowest BCUT2D eigenvalue weighted by Crippen LogP contribution is -2.45. The van der Waals surface area contributed by atoms with Gasteiger partial charge in [0, 0.05) is 17.7 Å². The molecular weight excluding hydrogens is 274 g/mol. The van der Waals surface area contributed by atoms with Crippen molar-refractivity contribution >= 4 is 5.91 Å². The normalized spacial score (nSPS) is 24.5. The maximum absolute atomic E-state index is 14.1. The maximum atomic E-state index is 14.1. The number of halogens is 2. The maximum Gasteiger partial charge on any atom is 0.241 e. The third kappa shape index (κ3) is 2.93. The van der Waals surface area contributed by atoms with Gasteiger partial charge in [0.05, 0.1) is 6.04 Å². The molecule has 1 aromatic rings. The molecule has 1 fully saturated rings. The van der Waals surface area contributed by atoms with Crippen molar-refractivity contribution in [2.24, 2.45) is 5.41 Å². The van der Waals surface area contributed by atoms with E-state index in [2.05, 4.69) is 5.32 Å². The lowest BCUT2D eigenvalue weighted by atomic mass is 9.86. The van der Waals surface area contributed by atoms with E-state index in [9.17, 15) is 13.6 Å². The summed E-state index contributed by atoms with van der Waals surface area (Å²) in [6, 6.07) is 3.00. The Morgan fingerprint density at radius 3 is 2.43 bits per heavy atom. The number of nitrogens with one attached hydrogen (secondary N) is 1. The highest BCUT2D eigenvalue weighted by Gasteiger charge is 2.43. The molecule has 1 aliphatic rings. The third-order valence-corrected chi connectivity index (χ3v) is 4.24. The molecule has 3 nitrogen and oxygen atoms in total. The monoisotopic (exact) mass is 296 g/mol. The molecule has 5 heteroatoms. The summed E-state index contributed by atoms with van der Waals surface area (Å²) >= 11 is 0. The topological polar surface area (TPSA) is 32.3 Å². The molecule has 1 aliphatic heterocycles. The fraction of sp³-hybridized carbons (Fsp3) is 0.562. The number of hydrogen-bond acceptors (Lipinski definition) is 2. The zero-order valence-corrected chi connectivity index (χ0v) is 13.1. The van der Waals surface area contributed by atoms with Crippen molar-refractivity contribution in [2.75, 3.05) is 0 Å². The van der Waals surface area contributed by atoms with E-state index >= 15 is 0 Å². The summed E-state index contributed by atoms with van der Waals surface area (Å²) in [4.78, 5) is 14.1. The predicted molar refractivity (Wildman–Crippen MR) is 77.5 cm³/mol. The molecule has 2 rings (SSSR count). The van der Waals surface area contributed by atoms with E-state index in [1.807, 2.05) is 27.7 Å². The first-order chi connectivity index (χ1) is 9.62. The van der Waals surface area contributed by atoms with E-state index in [-0.39, 0.29) is 23.4 Å². The SMILES string of the molecule is CC1NC(c2ccc(F)cc2F)N(C(C)C(C)(C)C)C1=O. The molecule has 0 radical (unpaired) electrons. The Labute approximate surface area is 124 Å². The van der Waals surface area contributed by atoms with Gasteiger partial charge in [-0.3, -0.25) is 10.1 Å². The zero-order valence-electron chi connectivity index (χ0n) is 13.1. The van der Waals surface area contributed by atoms with Crippen molar-refractivity contribution in [1.82, 2.24) is 10.2 Å². The minimum Gasteiger partial charge on any atom is -0.318 e. The first-order valence-corrected chi connectivity index (χ1v) is 7.16. The Hall–Kier alpha value is -1.49. The van der Waals surface area contributed by atoms with Crippen molar-refractivity contribution < 1.29 is 13.6 Å². The predicted octanol–water partition coefficient (Wildman–Crippen LogP) is 3.22. The van der Waals surface area contributed by atoms with E-state index < -0.39 is 17.8 Å². The molecule has 21 heavy (non-hydrogen) atoms. The number of nitrogens with zero attached hydrogens (tertiary/aromatic N) is 1. The van der Waals surface area contributed by atoms with Crippen LogP contribution in [0.25, 0.3) is 0 Å². The molecule has 1 heterocycles. The second-order valence-corrected chi connectivity index (χ2v) is 6.74. The number of amides is 1. The quantitative estimate of drug-likeness (QED) is 0.909. The number of carbonyl (C=O) groups is 1. The van der Waals surface area contributed by atoms with Gasteiger partial charge in [-0.2, -0.15) is 0 Å². The van der Waals surface area contributed by atoms with Crippen LogP contribution in [0.5, 0.6) is 0 Å². The van der Waals surface area contributed by atoms with E-state index in [1.54, 1.807) is 11.8 Å². The van der Waals surface area contributed by atoms with Gasteiger partial charge in [0.25, 0.3) is 0 Å². The van der Waals surface area contributed by atoms with Crippen LogP contribution in [0, 0.1) is 17.0 Å². The molecule has 1 amide bonds. The van der Waals surface area contributed by atoms with Crippen molar-refractivity contribution in [3.8, 4) is 0 Å². The summed E-state index contributed by atoms with van der Waals surface area (Å²) in [5.41, 5.74) is 0.154. The highest BCUT2D eigenvalue weighted by atomic mass is 19.1. The summed E-state index contributed by atoms with van der Waals surface area (Å²) in [5.74, 6) is -1.32. The molecule has 116 valence electrons. The molecule has 3 atom stereocenters. The van der Waals surface area contributed by atoms with Gasteiger partial charge in [0.15, 0.2) is 0 Å². The van der Waals surface area contributed by atoms with Crippen LogP contribution in [0.15, 0.2) is 18.2 Å². The largest absolute Gasteiger partial charge is 0.318 e. The molecule has 0 aromatic heterocycles. The second kappa shape index (κ2) is 5.37. The number of benzene rings is 1. The van der Waals surface area contributed by atoms with Gasteiger partial charge in [0.2, 0.25) is 5.91 Å². The Kier molecular flexibility index (Phi) is 4.06. The molecule has 0 spiro atoms. The lowest BCUT2D eigenvalue weighted by molar-refractivity contribution is -0.134. The Morgan fingerprint density at radius 2 is 1.90 bits per heavy atom. The Balaban J connectivity index is 2.43. The molecule has 0 bridgehead atoms. The first-order valence-electron chi connectivity index (χ1n) is 7.16. The van der Waals surface area contributed by atoms with Gasteiger partial charge >= 0.3 is 0 Å². The molecular formula is C16H22F2N2O. The Morgan fingerprint density at radius 1 is 1.29 bits per heavy atom. The van der Waals surface area contributed by atoms with E-state index in [0.717, 1.165) is 6.07 Å². The molecule has 1 aromatic carbocycles. The van der Waals surface area contributed by atoms with Crippen LogP contribution in [0.1, 0.15) is 46.3 Å². The molecule has 0 saturated carbocycles. The summed E-state index contributed by atoms with van der Waals surface area (Å²) < 4.78 is 27.2. The summed E-state index contributed by atoms with van der Waals surface area (Å²) in [6.07, 6.45) is -0.567. The van der Waals surface area contributed by atoms with Crippen LogP contribution in [-0.4, -0.2) is 22.9 Å². The van der Waals surface area contributed by atoms with Crippen molar-refractivity contribution in [3.05, 3.63) is 35.4 Å². The molecule has 0 aliphatic carbocycles. The standard InChI is InChI=1S/C16H22F2N2O/c1-9-15(21)20(10(2)16(3,4)5)14(19-9)12-7-6-11(17)8-13(12)18/h6-10,14,19H,1-5H3. The summed E-state index contributed by atoms with van der Waals surface area (Å²) in [6.45, 7) is 9.81. The van der Waals surface area contributed by atoms with Gasteiger partial charge in [-0.05, 0) is 31.4 Å². The minimum absolute atomic E-state index is 0.0637. The van der Waals surface area contributed by atoms with Crippen LogP contribution in [0.3, 0.4) is 0 Å². The lowest BCUT2D eigenvalue weighted by Gasteiger charge is -2.38. The fourth-order valence-corrected chi connectivity index (χ4v) is 2.53. The van der Waals surface area contributed by atoms with Gasteiger partial charge < -0.3 is 4.90 Å². The van der Waals surface area contributed by atoms with E-state index in [0.29, 0.717) is 5.56 Å². The van der Waals surface area contributed by atoms with E-state index in [4.69, 9.17) is 0 Å². The highest BCUT2D eigenvalue weighted by molar-refractivity contribution is 5.84. The van der Waals surface area contributed by atoms with Gasteiger partial charge in [-0.15, -0.1) is 0 Å². The second-order valence-electron chi connectivity index (χ2n) is 6.74. The number of hydrogen-bond donors (Lipinski definition) is 1. The van der Waals surface area contributed by atoms with Crippen LogP contribution in [0.4, 0.5) is 8.78 Å². The minimum atomic E-state index is -0.638. The van der Waals surface area contributed by atoms with Gasteiger partial charge in [-0.25, -0.2) is 8.78 Å². The van der Waals surface area contributed by atoms with Crippen molar-refractivity contribution in [2.45, 2.75) is 52.9 Å². The molecule has 1 N–H and O–H groups in total. The fourth-order valence-electron chi connectivity index (χ4n) is 2.53. The number of rotatable bonds is 2. The van der Waals surface area contributed by atoms with Gasteiger partial charge in [-0.1, -0.05) is 20.8 Å². The van der Waals surface area contributed by atoms with Gasteiger partial charge in [0.1, 0.15) is 17.8 Å². The van der Waals surface area contributed by atoms with E-state index in [1.165, 1.54) is 12.1 Å². The Bertz CT molecular complexity index is 554. The summed E-state index contributed by atoms with van der Waals surface area (Å²) in [7, 11) is 0.